The molecule has 1 atom stereocenters. The molecule has 9 nitrogen and oxygen atoms in total. The van der Waals surface area contributed by atoms with Crippen LogP contribution in [0.1, 0.15) is 33.2 Å². The van der Waals surface area contributed by atoms with E-state index in [2.05, 4.69) is 26.0 Å². The minimum Gasteiger partial charge on any atom is -0.335 e. The number of nitrogens with zero attached hydrogens (tertiary/aromatic N) is 3. The smallest absolute Gasteiger partial charge is 0.272 e. The topological polar surface area (TPSA) is 140 Å². The highest BCUT2D eigenvalue weighted by atomic mass is 16.2. The fourth-order valence-corrected chi connectivity index (χ4v) is 3.30. The van der Waals surface area contributed by atoms with E-state index in [0.717, 1.165) is 0 Å². The van der Waals surface area contributed by atoms with Crippen molar-refractivity contribution in [3.8, 4) is 6.07 Å². The fourth-order valence-electron chi connectivity index (χ4n) is 3.30. The first-order chi connectivity index (χ1) is 16.6. The Balaban J connectivity index is 1.65. The van der Waals surface area contributed by atoms with Gasteiger partial charge in [0, 0.05) is 10.9 Å². The maximum absolute atomic E-state index is 13.1. The molecule has 9 heteroatoms. The second-order valence-electron chi connectivity index (χ2n) is 7.22. The largest absolute Gasteiger partial charge is 0.335 e. The van der Waals surface area contributed by atoms with Crippen LogP contribution in [0, 0.1) is 11.3 Å². The molecule has 1 aromatic heterocycles. The van der Waals surface area contributed by atoms with Crippen molar-refractivity contribution in [3.05, 3.63) is 112 Å². The highest BCUT2D eigenvalue weighted by molar-refractivity contribution is 5.99. The number of aromatic amines is 1. The van der Waals surface area contributed by atoms with Gasteiger partial charge in [0.15, 0.2) is 6.04 Å². The van der Waals surface area contributed by atoms with E-state index < -0.39 is 23.4 Å². The van der Waals surface area contributed by atoms with Crippen LogP contribution in [0.3, 0.4) is 0 Å². The van der Waals surface area contributed by atoms with Crippen molar-refractivity contribution in [2.24, 2.45) is 5.10 Å². The molecule has 0 bridgehead atoms. The maximum Gasteiger partial charge on any atom is 0.272 e. The average molecular weight is 450 g/mol. The number of H-pyrrole nitrogens is 1. The van der Waals surface area contributed by atoms with Crippen LogP contribution in [0.5, 0.6) is 0 Å². The predicted molar refractivity (Wildman–Crippen MR) is 126 cm³/mol. The number of amides is 2. The van der Waals surface area contributed by atoms with Crippen LogP contribution in [0.25, 0.3) is 10.8 Å². The number of hydrogen-bond donors (Lipinski definition) is 3. The number of nitriles is 1. The molecular formula is C25H18N6O3. The van der Waals surface area contributed by atoms with Gasteiger partial charge in [-0.1, -0.05) is 48.5 Å². The van der Waals surface area contributed by atoms with E-state index >= 15 is 0 Å². The number of carbonyl (C=O) groups excluding carboxylic acids is 2. The minimum absolute atomic E-state index is 0.172. The first kappa shape index (κ1) is 22.1. The van der Waals surface area contributed by atoms with Crippen molar-refractivity contribution in [2.45, 2.75) is 6.04 Å². The molecule has 0 saturated carbocycles. The van der Waals surface area contributed by atoms with Crippen molar-refractivity contribution < 1.29 is 9.59 Å². The molecule has 1 unspecified atom stereocenters. The molecule has 0 radical (unpaired) electrons. The Hall–Kier alpha value is -5.10. The Morgan fingerprint density at radius 1 is 0.971 bits per heavy atom. The Morgan fingerprint density at radius 3 is 2.35 bits per heavy atom. The molecule has 4 rings (SSSR count). The van der Waals surface area contributed by atoms with Crippen molar-refractivity contribution in [3.63, 3.8) is 0 Å². The van der Waals surface area contributed by atoms with Gasteiger partial charge in [-0.25, -0.2) is 10.5 Å². The third-order valence-corrected chi connectivity index (χ3v) is 5.00. The predicted octanol–water partition coefficient (Wildman–Crippen LogP) is 2.42. The summed E-state index contributed by atoms with van der Waals surface area (Å²) in [7, 11) is 0. The summed E-state index contributed by atoms with van der Waals surface area (Å²) in [5.74, 6) is -1.15. The number of hydrogen-bond acceptors (Lipinski definition) is 6. The van der Waals surface area contributed by atoms with Gasteiger partial charge >= 0.3 is 0 Å². The fraction of sp³-hybridized carbons (Fsp3) is 0.0400. The first-order valence-corrected chi connectivity index (χ1v) is 10.2. The lowest BCUT2D eigenvalue weighted by Gasteiger charge is -2.18. The molecule has 2 amide bonds. The standard InChI is InChI=1S/C25H18N6O3/c26-14-16-10-12-17(13-11-16)15-27-30-25(34)22(28-23(32)18-6-2-1-3-7-18)21-19-8-4-5-9-20(19)24(33)31-29-21/h1-13,15,22H,(H,28,32)(H,30,34)(H,31,33)/b27-15+. The Labute approximate surface area is 193 Å². The van der Waals surface area contributed by atoms with Gasteiger partial charge in [0.1, 0.15) is 5.69 Å². The second kappa shape index (κ2) is 10.0. The van der Waals surface area contributed by atoms with Crippen molar-refractivity contribution >= 4 is 28.8 Å². The molecule has 0 aliphatic heterocycles. The zero-order valence-corrected chi connectivity index (χ0v) is 17.7. The average Bonchev–Trinajstić information content (AvgIpc) is 2.88. The molecule has 3 aromatic carbocycles. The van der Waals surface area contributed by atoms with E-state index in [4.69, 9.17) is 5.26 Å². The molecule has 1 heterocycles. The van der Waals surface area contributed by atoms with Crippen LogP contribution in [0.2, 0.25) is 0 Å². The third kappa shape index (κ3) is 4.87. The van der Waals surface area contributed by atoms with Crippen molar-refractivity contribution in [1.29, 1.82) is 5.26 Å². The number of carbonyl (C=O) groups is 2. The van der Waals surface area contributed by atoms with E-state index in [1.54, 1.807) is 78.9 Å². The number of rotatable bonds is 6. The lowest BCUT2D eigenvalue weighted by atomic mass is 10.0. The molecule has 0 spiro atoms. The second-order valence-corrected chi connectivity index (χ2v) is 7.22. The van der Waals surface area contributed by atoms with Crippen molar-refractivity contribution in [2.75, 3.05) is 0 Å². The summed E-state index contributed by atoms with van der Waals surface area (Å²) in [6.07, 6.45) is 1.41. The van der Waals surface area contributed by atoms with E-state index in [9.17, 15) is 14.4 Å². The Bertz CT molecular complexity index is 1470. The van der Waals surface area contributed by atoms with E-state index in [-0.39, 0.29) is 5.69 Å². The first-order valence-electron chi connectivity index (χ1n) is 10.2. The van der Waals surface area contributed by atoms with E-state index in [1.165, 1.54) is 6.21 Å². The van der Waals surface area contributed by atoms with Crippen LogP contribution >= 0.6 is 0 Å². The molecule has 3 N–H and O–H groups in total. The van der Waals surface area contributed by atoms with Gasteiger partial charge in [-0.15, -0.1) is 0 Å². The van der Waals surface area contributed by atoms with Crippen LogP contribution < -0.4 is 16.3 Å². The molecular weight excluding hydrogens is 432 g/mol. The summed E-state index contributed by atoms with van der Waals surface area (Å²) >= 11 is 0. The minimum atomic E-state index is -1.24. The monoisotopic (exact) mass is 450 g/mol. The molecule has 0 saturated heterocycles. The summed E-state index contributed by atoms with van der Waals surface area (Å²) in [6.45, 7) is 0. The van der Waals surface area contributed by atoms with Gasteiger partial charge in [-0.05, 0) is 35.9 Å². The van der Waals surface area contributed by atoms with Crippen LogP contribution in [-0.2, 0) is 4.79 Å². The normalized spacial score (nSPS) is 11.6. The molecule has 0 fully saturated rings. The summed E-state index contributed by atoms with van der Waals surface area (Å²) in [6, 6.07) is 22.5. The van der Waals surface area contributed by atoms with Gasteiger partial charge in [-0.3, -0.25) is 14.4 Å². The lowest BCUT2D eigenvalue weighted by Crippen LogP contribution is -2.40. The number of benzene rings is 3. The van der Waals surface area contributed by atoms with Crippen LogP contribution in [-0.4, -0.2) is 28.2 Å². The number of nitrogens with one attached hydrogen (secondary N) is 3. The van der Waals surface area contributed by atoms with Gasteiger partial charge in [0.25, 0.3) is 17.4 Å². The SMILES string of the molecule is N#Cc1ccc(/C=N/NC(=O)C(NC(=O)c2ccccc2)c2n[nH]c(=O)c3ccccc23)cc1. The van der Waals surface area contributed by atoms with Gasteiger partial charge in [0.2, 0.25) is 0 Å². The maximum atomic E-state index is 13.1. The highest BCUT2D eigenvalue weighted by Gasteiger charge is 2.27. The quantitative estimate of drug-likeness (QED) is 0.306. The van der Waals surface area contributed by atoms with E-state index in [1.807, 2.05) is 6.07 Å². The molecule has 34 heavy (non-hydrogen) atoms. The molecule has 4 aromatic rings. The molecule has 0 aliphatic carbocycles. The van der Waals surface area contributed by atoms with Gasteiger partial charge in [-0.2, -0.15) is 15.5 Å². The van der Waals surface area contributed by atoms with Gasteiger partial charge in [0.05, 0.1) is 23.2 Å². The number of fused-ring (bicyclic) bond motifs is 1. The third-order valence-electron chi connectivity index (χ3n) is 5.00. The summed E-state index contributed by atoms with van der Waals surface area (Å²) in [4.78, 5) is 38.1. The highest BCUT2D eigenvalue weighted by Crippen LogP contribution is 2.20. The number of hydrazone groups is 1. The molecule has 166 valence electrons. The lowest BCUT2D eigenvalue weighted by molar-refractivity contribution is -0.123. The summed E-state index contributed by atoms with van der Waals surface area (Å²) in [5, 5.41) is 22.7. The molecule has 0 aliphatic rings. The van der Waals surface area contributed by atoms with Gasteiger partial charge < -0.3 is 5.32 Å². The Kier molecular flexibility index (Phi) is 6.51. The zero-order chi connectivity index (χ0) is 23.9. The summed E-state index contributed by atoms with van der Waals surface area (Å²) < 4.78 is 0. The Morgan fingerprint density at radius 2 is 1.65 bits per heavy atom. The van der Waals surface area contributed by atoms with E-state index in [0.29, 0.717) is 27.5 Å². The summed E-state index contributed by atoms with van der Waals surface area (Å²) in [5.41, 5.74) is 3.70. The van der Waals surface area contributed by atoms with Crippen LogP contribution in [0.15, 0.2) is 88.8 Å². The number of aromatic nitrogens is 2. The van der Waals surface area contributed by atoms with Crippen LogP contribution in [0.4, 0.5) is 0 Å². The zero-order valence-electron chi connectivity index (χ0n) is 17.7. The van der Waals surface area contributed by atoms with Crippen molar-refractivity contribution in [1.82, 2.24) is 20.9 Å².